The summed E-state index contributed by atoms with van der Waals surface area (Å²) in [4.78, 5) is 107. The minimum Gasteiger partial charge on any atom is -0.328 e. The van der Waals surface area contributed by atoms with Gasteiger partial charge in [-0.1, -0.05) is 15.9 Å². The Bertz CT molecular complexity index is 1280. The second kappa shape index (κ2) is 18.8. The van der Waals surface area contributed by atoms with Gasteiger partial charge in [0.1, 0.15) is 17.9 Å². The Morgan fingerprint density at radius 1 is 0.583 bits per heavy atom. The number of nitrogens with zero attached hydrogens (tertiary/aromatic N) is 4. The van der Waals surface area contributed by atoms with Gasteiger partial charge in [-0.05, 0) is 46.3 Å². The van der Waals surface area contributed by atoms with Gasteiger partial charge in [0.05, 0.1) is 24.5 Å². The molecule has 0 saturated carbocycles. The Morgan fingerprint density at radius 3 is 1.54 bits per heavy atom. The molecule has 0 aromatic rings. The first-order valence-electron chi connectivity index (χ1n) is 16.1. The van der Waals surface area contributed by atoms with Crippen molar-refractivity contribution in [1.82, 2.24) is 40.9 Å². The van der Waals surface area contributed by atoms with Crippen molar-refractivity contribution in [2.75, 3.05) is 66.5 Å². The van der Waals surface area contributed by atoms with Gasteiger partial charge >= 0.3 is 0 Å². The minimum absolute atomic E-state index is 0.0387. The average Bonchev–Trinajstić information content (AvgIpc) is 3.01. The van der Waals surface area contributed by atoms with Gasteiger partial charge in [0.25, 0.3) is 0 Å². The molecule has 48 heavy (non-hydrogen) atoms. The van der Waals surface area contributed by atoms with Crippen molar-refractivity contribution in [3.63, 3.8) is 0 Å². The predicted molar refractivity (Wildman–Crippen MR) is 173 cm³/mol. The molecule has 8 amide bonds. The fraction of sp³-hybridized carbons (Fsp3) is 0.700. The summed E-state index contributed by atoms with van der Waals surface area (Å²) >= 11 is 3.12. The molecule has 0 aliphatic carbocycles. The number of carbonyl (C=O) groups is 9. The number of Topliss-reactive ketones (excluding diaryl/α,β-unsaturated/α-hetero) is 1. The maximum absolute atomic E-state index is 11.8. The third kappa shape index (κ3) is 12.1. The van der Waals surface area contributed by atoms with Crippen molar-refractivity contribution in [3.8, 4) is 0 Å². The lowest BCUT2D eigenvalue weighted by Crippen LogP contribution is -2.59. The van der Waals surface area contributed by atoms with Crippen LogP contribution in [0.1, 0.15) is 51.4 Å². The van der Waals surface area contributed by atoms with Gasteiger partial charge in [-0.25, -0.2) is 0 Å². The van der Waals surface area contributed by atoms with Gasteiger partial charge in [-0.3, -0.25) is 68.9 Å². The summed E-state index contributed by atoms with van der Waals surface area (Å²) in [7, 11) is 3.86. The zero-order chi connectivity index (χ0) is 35.4. The molecule has 0 aromatic heterocycles. The Balaban J connectivity index is 0.000000181. The number of alkyl halides is 1. The summed E-state index contributed by atoms with van der Waals surface area (Å²) in [6, 6.07) is -0.920. The SMILES string of the molecule is CN1CCCC(=O)C1.CN1CCN(C2CCC(=O)NC2=O)C(=O)C1.O=C1CCC(Br)C(=O)N1.O=C1CCC(N2CCNCC2=O)C(=O)N1. The molecule has 6 rings (SSSR count). The van der Waals surface area contributed by atoms with E-state index in [4.69, 9.17) is 0 Å². The molecule has 3 atom stereocenters. The van der Waals surface area contributed by atoms with E-state index in [1.165, 1.54) is 0 Å². The number of halogens is 1. The summed E-state index contributed by atoms with van der Waals surface area (Å²) in [5, 5.41) is 9.67. The van der Waals surface area contributed by atoms with Crippen LogP contribution in [0.4, 0.5) is 0 Å². The van der Waals surface area contributed by atoms with Crippen LogP contribution in [0.5, 0.6) is 0 Å². The number of carbonyl (C=O) groups excluding carboxylic acids is 9. The summed E-state index contributed by atoms with van der Waals surface area (Å²) in [6.45, 7) is 4.93. The van der Waals surface area contributed by atoms with Crippen molar-refractivity contribution in [2.45, 2.75) is 68.3 Å². The monoisotopic (exact) mass is 740 g/mol. The molecule has 6 fully saturated rings. The van der Waals surface area contributed by atoms with Crippen LogP contribution in [0, 0.1) is 0 Å². The number of ketones is 1. The van der Waals surface area contributed by atoms with Gasteiger partial charge in [-0.15, -0.1) is 0 Å². The van der Waals surface area contributed by atoms with Crippen LogP contribution in [-0.2, 0) is 43.2 Å². The molecule has 3 unspecified atom stereocenters. The van der Waals surface area contributed by atoms with Gasteiger partial charge < -0.3 is 15.1 Å². The number of hydrogen-bond acceptors (Lipinski definition) is 12. The van der Waals surface area contributed by atoms with E-state index in [0.717, 1.165) is 25.9 Å². The van der Waals surface area contributed by atoms with E-state index in [1.54, 1.807) is 9.80 Å². The van der Waals surface area contributed by atoms with Crippen molar-refractivity contribution in [1.29, 1.82) is 0 Å². The topological polar surface area (TPSA) is 215 Å². The van der Waals surface area contributed by atoms with Crippen LogP contribution in [0.3, 0.4) is 0 Å². The number of rotatable bonds is 2. The third-order valence-corrected chi connectivity index (χ3v) is 9.23. The molecule has 4 N–H and O–H groups in total. The highest BCUT2D eigenvalue weighted by Gasteiger charge is 2.37. The predicted octanol–water partition coefficient (Wildman–Crippen LogP) is -2.74. The largest absolute Gasteiger partial charge is 0.328 e. The number of nitrogens with one attached hydrogen (secondary N) is 4. The maximum atomic E-state index is 11.8. The highest BCUT2D eigenvalue weighted by atomic mass is 79.9. The smallest absolute Gasteiger partial charge is 0.249 e. The first kappa shape index (κ1) is 38.8. The van der Waals surface area contributed by atoms with Crippen LogP contribution < -0.4 is 21.3 Å². The van der Waals surface area contributed by atoms with E-state index in [9.17, 15) is 43.2 Å². The van der Waals surface area contributed by atoms with E-state index in [-0.39, 0.29) is 58.6 Å². The molecule has 18 heteroatoms. The number of likely N-dealkylation sites (tertiary alicyclic amines) is 1. The number of amides is 8. The molecule has 6 aliphatic heterocycles. The molecule has 0 radical (unpaired) electrons. The second-order valence-electron chi connectivity index (χ2n) is 12.3. The average molecular weight is 742 g/mol. The third-order valence-electron chi connectivity index (χ3n) is 8.36. The fourth-order valence-corrected chi connectivity index (χ4v) is 6.06. The van der Waals surface area contributed by atoms with Crippen LogP contribution in [0.15, 0.2) is 0 Å². The normalized spacial score (nSPS) is 27.3. The zero-order valence-corrected chi connectivity index (χ0v) is 29.0. The standard InChI is InChI=1S/C10H15N3O3.C9H13N3O3.C6H11NO.C5H6BrNO2/c1-12-4-5-13(9(15)6-12)7-2-3-8(14)11-10(7)16;13-7-2-1-6(9(15)11-7)12-4-3-10-5-8(12)14;1-7-4-2-3-6(8)5-7;6-3-1-2-4(8)7-5(3)9/h7H,2-6H2,1H3,(H,11,14,16);6,10H,1-5H2,(H,11,13,15);2-5H2,1H3;3H,1-2H2,(H,7,8,9). The summed E-state index contributed by atoms with van der Waals surface area (Å²) < 4.78 is 0. The Kier molecular flexibility index (Phi) is 15.2. The van der Waals surface area contributed by atoms with Crippen molar-refractivity contribution in [2.24, 2.45) is 0 Å². The van der Waals surface area contributed by atoms with Crippen LogP contribution in [-0.4, -0.2) is 156 Å². The van der Waals surface area contributed by atoms with E-state index in [0.29, 0.717) is 77.0 Å². The van der Waals surface area contributed by atoms with E-state index < -0.39 is 12.1 Å². The van der Waals surface area contributed by atoms with Crippen LogP contribution in [0.2, 0.25) is 0 Å². The maximum Gasteiger partial charge on any atom is 0.249 e. The zero-order valence-electron chi connectivity index (χ0n) is 27.4. The quantitative estimate of drug-likeness (QED) is 0.168. The second-order valence-corrected chi connectivity index (χ2v) is 13.4. The molecular weight excluding hydrogens is 696 g/mol. The Hall–Kier alpha value is -3.61. The van der Waals surface area contributed by atoms with E-state index >= 15 is 0 Å². The van der Waals surface area contributed by atoms with Crippen LogP contribution in [0.25, 0.3) is 0 Å². The molecule has 6 heterocycles. The van der Waals surface area contributed by atoms with E-state index in [1.807, 2.05) is 19.0 Å². The summed E-state index contributed by atoms with van der Waals surface area (Å²) in [5.74, 6) is -1.29. The van der Waals surface area contributed by atoms with Gasteiger partial charge in [0, 0.05) is 51.9 Å². The molecule has 6 aliphatic rings. The fourth-order valence-electron chi connectivity index (χ4n) is 5.72. The number of hydrogen-bond donors (Lipinski definition) is 4. The van der Waals surface area contributed by atoms with Gasteiger partial charge in [0.15, 0.2) is 0 Å². The molecule has 266 valence electrons. The van der Waals surface area contributed by atoms with Crippen molar-refractivity contribution >= 4 is 69.0 Å². The first-order chi connectivity index (χ1) is 22.7. The molecule has 0 bridgehead atoms. The number of piperazine rings is 2. The van der Waals surface area contributed by atoms with Crippen molar-refractivity contribution in [3.05, 3.63) is 0 Å². The van der Waals surface area contributed by atoms with E-state index in [2.05, 4.69) is 42.1 Å². The Morgan fingerprint density at radius 2 is 1.10 bits per heavy atom. The molecule has 17 nitrogen and oxygen atoms in total. The molecule has 6 saturated heterocycles. The lowest BCUT2D eigenvalue weighted by Gasteiger charge is -2.38. The number of piperidine rings is 4. The first-order valence-corrected chi connectivity index (χ1v) is 17.0. The lowest BCUT2D eigenvalue weighted by molar-refractivity contribution is -0.148. The lowest BCUT2D eigenvalue weighted by atomic mass is 10.0. The molecule has 0 aromatic carbocycles. The Labute approximate surface area is 287 Å². The summed E-state index contributed by atoms with van der Waals surface area (Å²) in [6.07, 6.45) is 4.42. The summed E-state index contributed by atoms with van der Waals surface area (Å²) in [5.41, 5.74) is 0. The number of imide groups is 3. The highest BCUT2D eigenvalue weighted by Crippen LogP contribution is 2.16. The molecule has 0 spiro atoms. The minimum atomic E-state index is -0.461. The van der Waals surface area contributed by atoms with Crippen LogP contribution >= 0.6 is 15.9 Å². The van der Waals surface area contributed by atoms with Gasteiger partial charge in [0.2, 0.25) is 47.3 Å². The highest BCUT2D eigenvalue weighted by molar-refractivity contribution is 9.10. The molecular formula is C30H45BrN8O9. The van der Waals surface area contributed by atoms with Crippen molar-refractivity contribution < 1.29 is 43.2 Å². The van der Waals surface area contributed by atoms with Gasteiger partial charge in [-0.2, -0.15) is 0 Å². The number of likely N-dealkylation sites (N-methyl/N-ethyl adjacent to an activating group) is 2.